The Balaban J connectivity index is 1.83. The maximum absolute atomic E-state index is 12.3. The zero-order valence-corrected chi connectivity index (χ0v) is 15.6. The van der Waals surface area contributed by atoms with Crippen molar-refractivity contribution in [3.8, 4) is 5.69 Å². The van der Waals surface area contributed by atoms with Crippen LogP contribution in [-0.4, -0.2) is 38.1 Å². The standard InChI is InChI=1S/C17H17ClN4O3S/c1-2-3-7-25-14(23)10-26-17-20-15-13(16(24)21-17)9-19-22(15)12-6-4-5-11(18)8-12/h4-6,8-9H,2-3,7,10H2,1H3,(H,20,21,24). The average molecular weight is 393 g/mol. The van der Waals surface area contributed by atoms with Gasteiger partial charge in [0.1, 0.15) is 5.39 Å². The van der Waals surface area contributed by atoms with E-state index in [2.05, 4.69) is 15.1 Å². The summed E-state index contributed by atoms with van der Waals surface area (Å²) in [4.78, 5) is 31.1. The van der Waals surface area contributed by atoms with Crippen LogP contribution in [0.3, 0.4) is 0 Å². The maximum atomic E-state index is 12.3. The minimum absolute atomic E-state index is 0.0729. The molecule has 0 aliphatic rings. The third-order valence-corrected chi connectivity index (χ3v) is 4.64. The van der Waals surface area contributed by atoms with Crippen molar-refractivity contribution in [2.24, 2.45) is 0 Å². The first kappa shape index (κ1) is 18.5. The van der Waals surface area contributed by atoms with Crippen LogP contribution in [0.1, 0.15) is 19.8 Å². The number of aromatic nitrogens is 4. The van der Waals surface area contributed by atoms with Crippen LogP contribution in [0.5, 0.6) is 0 Å². The van der Waals surface area contributed by atoms with Gasteiger partial charge in [0, 0.05) is 5.02 Å². The normalized spacial score (nSPS) is 11.0. The number of ether oxygens (including phenoxy) is 1. The van der Waals surface area contributed by atoms with E-state index in [0.29, 0.717) is 33.5 Å². The molecule has 3 rings (SSSR count). The average Bonchev–Trinajstić information content (AvgIpc) is 3.05. The molecule has 0 aliphatic heterocycles. The lowest BCUT2D eigenvalue weighted by Gasteiger charge is -2.05. The molecule has 0 saturated heterocycles. The number of fused-ring (bicyclic) bond motifs is 1. The lowest BCUT2D eigenvalue weighted by molar-refractivity contribution is -0.140. The van der Waals surface area contributed by atoms with Gasteiger partial charge in [0.25, 0.3) is 5.56 Å². The third kappa shape index (κ3) is 4.25. The Labute approximate surface area is 158 Å². The van der Waals surface area contributed by atoms with Crippen LogP contribution in [0.25, 0.3) is 16.7 Å². The molecule has 1 N–H and O–H groups in total. The lowest BCUT2D eigenvalue weighted by Crippen LogP contribution is -2.12. The summed E-state index contributed by atoms with van der Waals surface area (Å²) in [6, 6.07) is 7.09. The zero-order valence-electron chi connectivity index (χ0n) is 14.1. The van der Waals surface area contributed by atoms with E-state index < -0.39 is 0 Å². The van der Waals surface area contributed by atoms with Crippen molar-refractivity contribution in [3.63, 3.8) is 0 Å². The second-order valence-electron chi connectivity index (χ2n) is 5.51. The minimum Gasteiger partial charge on any atom is -0.465 e. The first-order valence-corrected chi connectivity index (χ1v) is 9.47. The number of esters is 1. The monoisotopic (exact) mass is 392 g/mol. The predicted octanol–water partition coefficient (Wildman–Crippen LogP) is 3.20. The molecule has 7 nitrogen and oxygen atoms in total. The number of rotatable bonds is 7. The summed E-state index contributed by atoms with van der Waals surface area (Å²) in [5.41, 5.74) is 0.781. The highest BCUT2D eigenvalue weighted by Gasteiger charge is 2.13. The van der Waals surface area contributed by atoms with E-state index in [4.69, 9.17) is 16.3 Å². The molecular formula is C17H17ClN4O3S. The van der Waals surface area contributed by atoms with Gasteiger partial charge in [-0.2, -0.15) is 5.10 Å². The highest BCUT2D eigenvalue weighted by Crippen LogP contribution is 2.20. The number of H-pyrrole nitrogens is 1. The van der Waals surface area contributed by atoms with Gasteiger partial charge in [-0.25, -0.2) is 9.67 Å². The second kappa shape index (κ2) is 8.37. The molecule has 136 valence electrons. The Morgan fingerprint density at radius 1 is 1.42 bits per heavy atom. The van der Waals surface area contributed by atoms with Crippen LogP contribution in [0, 0.1) is 0 Å². The number of hydrogen-bond donors (Lipinski definition) is 1. The number of aromatic amines is 1. The summed E-state index contributed by atoms with van der Waals surface area (Å²) >= 11 is 7.14. The Hall–Kier alpha value is -2.32. The van der Waals surface area contributed by atoms with Crippen LogP contribution < -0.4 is 5.56 Å². The molecule has 0 aliphatic carbocycles. The van der Waals surface area contributed by atoms with E-state index in [9.17, 15) is 9.59 Å². The van der Waals surface area contributed by atoms with Gasteiger partial charge in [0.05, 0.1) is 24.2 Å². The topological polar surface area (TPSA) is 89.9 Å². The van der Waals surface area contributed by atoms with E-state index in [1.54, 1.807) is 22.9 Å². The van der Waals surface area contributed by atoms with Crippen molar-refractivity contribution in [1.82, 2.24) is 19.7 Å². The molecule has 0 unspecified atom stereocenters. The quantitative estimate of drug-likeness (QED) is 0.287. The van der Waals surface area contributed by atoms with Crippen molar-refractivity contribution in [2.45, 2.75) is 24.9 Å². The van der Waals surface area contributed by atoms with Crippen molar-refractivity contribution in [1.29, 1.82) is 0 Å². The molecule has 9 heteroatoms. The predicted molar refractivity (Wildman–Crippen MR) is 101 cm³/mol. The van der Waals surface area contributed by atoms with Gasteiger partial charge >= 0.3 is 5.97 Å². The molecule has 0 saturated carbocycles. The SMILES string of the molecule is CCCCOC(=O)CSc1nc2c(cnn2-c2cccc(Cl)c2)c(=O)[nH]1. The zero-order chi connectivity index (χ0) is 18.5. The highest BCUT2D eigenvalue weighted by atomic mass is 35.5. The van der Waals surface area contributed by atoms with Crippen LogP contribution >= 0.6 is 23.4 Å². The smallest absolute Gasteiger partial charge is 0.316 e. The van der Waals surface area contributed by atoms with Crippen molar-refractivity contribution >= 4 is 40.4 Å². The minimum atomic E-state index is -0.338. The number of hydrogen-bond acceptors (Lipinski definition) is 6. The number of carbonyl (C=O) groups is 1. The molecule has 0 amide bonds. The van der Waals surface area contributed by atoms with Crippen LogP contribution in [0.15, 0.2) is 40.4 Å². The van der Waals surface area contributed by atoms with Gasteiger partial charge in [-0.15, -0.1) is 0 Å². The number of unbranched alkanes of at least 4 members (excludes halogenated alkanes) is 1. The summed E-state index contributed by atoms with van der Waals surface area (Å²) in [7, 11) is 0. The van der Waals surface area contributed by atoms with Crippen LogP contribution in [-0.2, 0) is 9.53 Å². The number of carbonyl (C=O) groups excluding carboxylic acids is 1. The molecular weight excluding hydrogens is 376 g/mol. The van der Waals surface area contributed by atoms with Gasteiger partial charge in [0.15, 0.2) is 10.8 Å². The summed E-state index contributed by atoms with van der Waals surface area (Å²) in [5, 5.41) is 5.48. The van der Waals surface area contributed by atoms with E-state index in [1.165, 1.54) is 6.20 Å². The highest BCUT2D eigenvalue weighted by molar-refractivity contribution is 7.99. The molecule has 2 heterocycles. The second-order valence-corrected chi connectivity index (χ2v) is 6.91. The fraction of sp³-hybridized carbons (Fsp3) is 0.294. The molecule has 0 fully saturated rings. The first-order valence-electron chi connectivity index (χ1n) is 8.11. The third-order valence-electron chi connectivity index (χ3n) is 3.56. The lowest BCUT2D eigenvalue weighted by atomic mass is 10.3. The number of thioether (sulfide) groups is 1. The van der Waals surface area contributed by atoms with Gasteiger partial charge < -0.3 is 9.72 Å². The molecule has 3 aromatic rings. The van der Waals surface area contributed by atoms with Crippen molar-refractivity contribution < 1.29 is 9.53 Å². The van der Waals surface area contributed by atoms with E-state index in [1.807, 2.05) is 13.0 Å². The van der Waals surface area contributed by atoms with Crippen molar-refractivity contribution in [3.05, 3.63) is 45.8 Å². The molecule has 0 atom stereocenters. The molecule has 26 heavy (non-hydrogen) atoms. The summed E-state index contributed by atoms with van der Waals surface area (Å²) in [6.07, 6.45) is 3.24. The first-order chi connectivity index (χ1) is 12.6. The maximum Gasteiger partial charge on any atom is 0.316 e. The largest absolute Gasteiger partial charge is 0.465 e. The van der Waals surface area contributed by atoms with Gasteiger partial charge in [0.2, 0.25) is 0 Å². The van der Waals surface area contributed by atoms with E-state index in [0.717, 1.165) is 24.6 Å². The van der Waals surface area contributed by atoms with Crippen LogP contribution in [0.2, 0.25) is 5.02 Å². The molecule has 2 aromatic heterocycles. The number of benzene rings is 1. The molecule has 0 spiro atoms. The summed E-state index contributed by atoms with van der Waals surface area (Å²) in [5.74, 6) is -0.266. The Bertz CT molecular complexity index is 986. The fourth-order valence-electron chi connectivity index (χ4n) is 2.26. The number of halogens is 1. The Morgan fingerprint density at radius 2 is 2.27 bits per heavy atom. The Morgan fingerprint density at radius 3 is 3.04 bits per heavy atom. The molecule has 0 radical (unpaired) electrons. The van der Waals surface area contributed by atoms with Gasteiger partial charge in [-0.3, -0.25) is 9.59 Å². The summed E-state index contributed by atoms with van der Waals surface area (Å²) in [6.45, 7) is 2.43. The number of nitrogens with zero attached hydrogens (tertiary/aromatic N) is 3. The fourth-order valence-corrected chi connectivity index (χ4v) is 3.10. The molecule has 1 aromatic carbocycles. The molecule has 0 bridgehead atoms. The summed E-state index contributed by atoms with van der Waals surface area (Å²) < 4.78 is 6.64. The Kier molecular flexibility index (Phi) is 5.95. The van der Waals surface area contributed by atoms with Crippen LogP contribution in [0.4, 0.5) is 0 Å². The van der Waals surface area contributed by atoms with Gasteiger partial charge in [-0.05, 0) is 24.6 Å². The number of nitrogens with one attached hydrogen (secondary N) is 1. The van der Waals surface area contributed by atoms with Crippen molar-refractivity contribution in [2.75, 3.05) is 12.4 Å². The van der Waals surface area contributed by atoms with Gasteiger partial charge in [-0.1, -0.05) is 42.8 Å². The van der Waals surface area contributed by atoms with E-state index in [-0.39, 0.29) is 17.3 Å². The van der Waals surface area contributed by atoms with E-state index >= 15 is 0 Å².